The first-order valence-electron chi connectivity index (χ1n) is 9.53. The highest BCUT2D eigenvalue weighted by Gasteiger charge is 2.16. The van der Waals surface area contributed by atoms with Crippen molar-refractivity contribution in [2.75, 3.05) is 5.32 Å². The fourth-order valence-electron chi connectivity index (χ4n) is 3.64. The number of fused-ring (bicyclic) bond motifs is 1. The van der Waals surface area contributed by atoms with Crippen molar-refractivity contribution < 1.29 is 4.79 Å². The van der Waals surface area contributed by atoms with Crippen molar-refractivity contribution in [3.05, 3.63) is 76.5 Å². The van der Waals surface area contributed by atoms with Gasteiger partial charge in [0.25, 0.3) is 0 Å². The summed E-state index contributed by atoms with van der Waals surface area (Å²) in [6.07, 6.45) is 0.198. The van der Waals surface area contributed by atoms with Gasteiger partial charge in [0.2, 0.25) is 5.91 Å². The molecular formula is C22H23N5O2. The highest BCUT2D eigenvalue weighted by Crippen LogP contribution is 2.23. The number of rotatable bonds is 5. The highest BCUT2D eigenvalue weighted by molar-refractivity contribution is 5.92. The summed E-state index contributed by atoms with van der Waals surface area (Å²) in [5, 5.41) is 7.52. The van der Waals surface area contributed by atoms with E-state index < -0.39 is 0 Å². The maximum absolute atomic E-state index is 12.6. The summed E-state index contributed by atoms with van der Waals surface area (Å²) in [4.78, 5) is 25.1. The lowest BCUT2D eigenvalue weighted by atomic mass is 10.2. The number of aryl methyl sites for hydroxylation is 3. The molecule has 0 fully saturated rings. The predicted molar refractivity (Wildman–Crippen MR) is 113 cm³/mol. The van der Waals surface area contributed by atoms with E-state index in [2.05, 4.69) is 10.4 Å². The number of benzene rings is 2. The van der Waals surface area contributed by atoms with Crippen molar-refractivity contribution in [1.82, 2.24) is 18.9 Å². The van der Waals surface area contributed by atoms with Crippen molar-refractivity contribution >= 4 is 22.6 Å². The maximum atomic E-state index is 12.6. The lowest BCUT2D eigenvalue weighted by molar-refractivity contribution is -0.116. The summed E-state index contributed by atoms with van der Waals surface area (Å²) in [5.41, 5.74) is 4.83. The third kappa shape index (κ3) is 3.35. The fraction of sp³-hybridized carbons (Fsp3) is 0.227. The normalized spacial score (nSPS) is 11.1. The Bertz CT molecular complexity index is 1250. The lowest BCUT2D eigenvalue weighted by Crippen LogP contribution is -2.24. The molecule has 0 bridgehead atoms. The van der Waals surface area contributed by atoms with E-state index in [1.807, 2.05) is 73.1 Å². The molecule has 0 aliphatic rings. The van der Waals surface area contributed by atoms with Gasteiger partial charge in [-0.25, -0.2) is 9.48 Å². The molecule has 2 aromatic carbocycles. The zero-order valence-electron chi connectivity index (χ0n) is 16.7. The smallest absolute Gasteiger partial charge is 0.323 e. The van der Waals surface area contributed by atoms with E-state index >= 15 is 0 Å². The standard InChI is InChI=1S/C22H23N5O2/c1-15-21(16(2)27(24-15)17-9-5-4-6-10-17)23-20(28)13-14-26-19-12-8-7-11-18(19)25(3)22(26)29/h4-12H,13-14H2,1-3H3,(H,23,28). The average Bonchev–Trinajstić information content (AvgIpc) is 3.15. The third-order valence-corrected chi connectivity index (χ3v) is 5.17. The topological polar surface area (TPSA) is 73.8 Å². The number of nitrogens with zero attached hydrogens (tertiary/aromatic N) is 4. The monoisotopic (exact) mass is 389 g/mol. The van der Waals surface area contributed by atoms with Crippen molar-refractivity contribution in [2.24, 2.45) is 7.05 Å². The van der Waals surface area contributed by atoms with Crippen molar-refractivity contribution in [2.45, 2.75) is 26.8 Å². The van der Waals surface area contributed by atoms with Gasteiger partial charge in [0, 0.05) is 20.0 Å². The molecule has 2 aromatic heterocycles. The first-order valence-corrected chi connectivity index (χ1v) is 9.53. The van der Waals surface area contributed by atoms with Crippen LogP contribution in [0.25, 0.3) is 16.7 Å². The summed E-state index contributed by atoms with van der Waals surface area (Å²) in [6.45, 7) is 4.12. The molecule has 29 heavy (non-hydrogen) atoms. The Balaban J connectivity index is 1.53. The van der Waals surface area contributed by atoms with E-state index in [0.717, 1.165) is 28.1 Å². The molecule has 2 heterocycles. The number of amides is 1. The molecule has 7 heteroatoms. The molecule has 7 nitrogen and oxygen atoms in total. The highest BCUT2D eigenvalue weighted by atomic mass is 16.2. The predicted octanol–water partition coefficient (Wildman–Crippen LogP) is 3.17. The van der Waals surface area contributed by atoms with Gasteiger partial charge >= 0.3 is 5.69 Å². The second-order valence-electron chi connectivity index (χ2n) is 7.07. The zero-order valence-corrected chi connectivity index (χ0v) is 16.7. The van der Waals surface area contributed by atoms with Crippen LogP contribution < -0.4 is 11.0 Å². The number of carbonyl (C=O) groups excluding carboxylic acids is 1. The summed E-state index contributed by atoms with van der Waals surface area (Å²) in [6, 6.07) is 17.4. The number of imidazole rings is 1. The number of hydrogen-bond donors (Lipinski definition) is 1. The molecule has 148 valence electrons. The molecule has 0 spiro atoms. The number of nitrogens with one attached hydrogen (secondary N) is 1. The van der Waals surface area contributed by atoms with Crippen molar-refractivity contribution in [1.29, 1.82) is 0 Å². The summed E-state index contributed by atoms with van der Waals surface area (Å²) < 4.78 is 5.06. The third-order valence-electron chi connectivity index (χ3n) is 5.17. The van der Waals surface area contributed by atoms with Crippen molar-refractivity contribution in [3.8, 4) is 5.69 Å². The maximum Gasteiger partial charge on any atom is 0.328 e. The molecular weight excluding hydrogens is 366 g/mol. The zero-order chi connectivity index (χ0) is 20.5. The molecule has 0 aliphatic heterocycles. The Morgan fingerprint density at radius 1 is 1.00 bits per heavy atom. The summed E-state index contributed by atoms with van der Waals surface area (Å²) in [5.74, 6) is -0.149. The van der Waals surface area contributed by atoms with E-state index in [9.17, 15) is 9.59 Å². The molecule has 0 aliphatic carbocycles. The van der Waals surface area contributed by atoms with Gasteiger partial charge < -0.3 is 5.32 Å². The van der Waals surface area contributed by atoms with E-state index in [1.54, 1.807) is 16.2 Å². The molecule has 1 amide bonds. The number of anilines is 1. The van der Waals surface area contributed by atoms with Gasteiger partial charge in [0.05, 0.1) is 33.8 Å². The van der Waals surface area contributed by atoms with Gasteiger partial charge in [-0.1, -0.05) is 30.3 Å². The average molecular weight is 389 g/mol. The first-order chi connectivity index (χ1) is 14.0. The van der Waals surface area contributed by atoms with Crippen LogP contribution in [0.2, 0.25) is 0 Å². The number of carbonyl (C=O) groups is 1. The molecule has 0 saturated carbocycles. The van der Waals surface area contributed by atoms with E-state index in [1.165, 1.54) is 0 Å². The van der Waals surface area contributed by atoms with Crippen LogP contribution in [0.4, 0.5) is 5.69 Å². The number of aromatic nitrogens is 4. The molecule has 0 radical (unpaired) electrons. The fourth-order valence-corrected chi connectivity index (χ4v) is 3.64. The van der Waals surface area contributed by atoms with E-state index in [-0.39, 0.29) is 18.0 Å². The van der Waals surface area contributed by atoms with Crippen LogP contribution in [-0.2, 0) is 18.4 Å². The van der Waals surface area contributed by atoms with Crippen molar-refractivity contribution in [3.63, 3.8) is 0 Å². The Labute approximate surface area is 168 Å². The van der Waals surface area contributed by atoms with E-state index in [0.29, 0.717) is 12.2 Å². The minimum atomic E-state index is -0.149. The number of hydrogen-bond acceptors (Lipinski definition) is 3. The second kappa shape index (κ2) is 7.43. The minimum Gasteiger partial charge on any atom is -0.323 e. The van der Waals surface area contributed by atoms with Gasteiger partial charge in [-0.05, 0) is 38.1 Å². The Hall–Kier alpha value is -3.61. The van der Waals surface area contributed by atoms with Crippen LogP contribution in [0.3, 0.4) is 0 Å². The molecule has 1 N–H and O–H groups in total. The Kier molecular flexibility index (Phi) is 4.80. The molecule has 0 atom stereocenters. The molecule has 0 saturated heterocycles. The molecule has 4 aromatic rings. The van der Waals surface area contributed by atoms with Gasteiger partial charge in [-0.15, -0.1) is 0 Å². The SMILES string of the molecule is Cc1nn(-c2ccccc2)c(C)c1NC(=O)CCn1c(=O)n(C)c2ccccc21. The minimum absolute atomic E-state index is 0.122. The Morgan fingerprint density at radius 3 is 2.38 bits per heavy atom. The second-order valence-corrected chi connectivity index (χ2v) is 7.07. The van der Waals surface area contributed by atoms with Gasteiger partial charge in [0.15, 0.2) is 0 Å². The lowest BCUT2D eigenvalue weighted by Gasteiger charge is -2.08. The van der Waals surface area contributed by atoms with Crippen LogP contribution >= 0.6 is 0 Å². The Morgan fingerprint density at radius 2 is 1.66 bits per heavy atom. The van der Waals surface area contributed by atoms with Crippen LogP contribution in [0.5, 0.6) is 0 Å². The summed E-state index contributed by atoms with van der Waals surface area (Å²) >= 11 is 0. The molecule has 4 rings (SSSR count). The van der Waals surface area contributed by atoms with Gasteiger partial charge in [-0.3, -0.25) is 13.9 Å². The quantitative estimate of drug-likeness (QED) is 0.570. The molecule has 0 unspecified atom stereocenters. The van der Waals surface area contributed by atoms with Crippen LogP contribution in [0, 0.1) is 13.8 Å². The largest absolute Gasteiger partial charge is 0.328 e. The summed E-state index contributed by atoms with van der Waals surface area (Å²) in [7, 11) is 1.74. The van der Waals surface area contributed by atoms with Crippen LogP contribution in [0.1, 0.15) is 17.8 Å². The van der Waals surface area contributed by atoms with Gasteiger partial charge in [0.1, 0.15) is 0 Å². The first kappa shape index (κ1) is 18.7. The van der Waals surface area contributed by atoms with Crippen LogP contribution in [-0.4, -0.2) is 24.8 Å². The number of para-hydroxylation sites is 3. The van der Waals surface area contributed by atoms with Gasteiger partial charge in [-0.2, -0.15) is 5.10 Å². The van der Waals surface area contributed by atoms with Crippen LogP contribution in [0.15, 0.2) is 59.4 Å². The van der Waals surface area contributed by atoms with E-state index in [4.69, 9.17) is 0 Å².